The number of hydrogen-bond acceptors (Lipinski definition) is 2. The van der Waals surface area contributed by atoms with Crippen LogP contribution in [-0.2, 0) is 13.0 Å². The van der Waals surface area contributed by atoms with Crippen molar-refractivity contribution in [2.24, 2.45) is 0 Å². The van der Waals surface area contributed by atoms with Crippen LogP contribution < -0.4 is 10.6 Å². The molecule has 0 saturated heterocycles. The Morgan fingerprint density at radius 2 is 2.05 bits per heavy atom. The predicted octanol–water partition coefficient (Wildman–Crippen LogP) is 3.20. The molecule has 2 aromatic rings. The van der Waals surface area contributed by atoms with Crippen molar-refractivity contribution >= 4 is 11.6 Å². The van der Waals surface area contributed by atoms with E-state index in [4.69, 9.17) is 0 Å². The predicted molar refractivity (Wildman–Crippen MR) is 85.7 cm³/mol. The van der Waals surface area contributed by atoms with Crippen molar-refractivity contribution in [1.29, 1.82) is 0 Å². The van der Waals surface area contributed by atoms with Gasteiger partial charge in [0.1, 0.15) is 0 Å². The Balaban J connectivity index is 1.88. The molecule has 3 nitrogen and oxygen atoms in total. The molecule has 1 heterocycles. The molecule has 3 heteroatoms. The zero-order valence-electron chi connectivity index (χ0n) is 12.5. The van der Waals surface area contributed by atoms with E-state index in [-0.39, 0.29) is 5.91 Å². The summed E-state index contributed by atoms with van der Waals surface area (Å²) in [5.74, 6) is -0.0357. The maximum atomic E-state index is 12.5. The lowest BCUT2D eigenvalue weighted by Gasteiger charge is -2.20. The number of rotatable bonds is 2. The normalized spacial score (nSPS) is 13.6. The van der Waals surface area contributed by atoms with E-state index in [0.29, 0.717) is 0 Å². The molecule has 0 radical (unpaired) electrons. The highest BCUT2D eigenvalue weighted by atomic mass is 16.1. The first kappa shape index (κ1) is 13.8. The second-order valence-electron chi connectivity index (χ2n) is 5.64. The number of fused-ring (bicyclic) bond motifs is 1. The summed E-state index contributed by atoms with van der Waals surface area (Å²) < 4.78 is 0. The van der Waals surface area contributed by atoms with Crippen molar-refractivity contribution in [1.82, 2.24) is 5.32 Å². The lowest BCUT2D eigenvalue weighted by atomic mass is 9.99. The zero-order valence-corrected chi connectivity index (χ0v) is 12.5. The van der Waals surface area contributed by atoms with E-state index in [9.17, 15) is 4.79 Å². The first-order valence-corrected chi connectivity index (χ1v) is 7.35. The molecule has 2 aromatic carbocycles. The van der Waals surface area contributed by atoms with Crippen molar-refractivity contribution in [2.75, 3.05) is 11.9 Å². The molecule has 2 N–H and O–H groups in total. The second-order valence-corrected chi connectivity index (χ2v) is 5.64. The number of nitrogens with one attached hydrogen (secondary N) is 2. The van der Waals surface area contributed by atoms with Gasteiger partial charge in [-0.25, -0.2) is 0 Å². The van der Waals surface area contributed by atoms with Gasteiger partial charge in [0.15, 0.2) is 0 Å². The van der Waals surface area contributed by atoms with E-state index in [2.05, 4.69) is 16.7 Å². The van der Waals surface area contributed by atoms with Crippen LogP contribution in [0.5, 0.6) is 0 Å². The summed E-state index contributed by atoms with van der Waals surface area (Å²) in [6.45, 7) is 5.83. The lowest BCUT2D eigenvalue weighted by Crippen LogP contribution is -2.25. The highest BCUT2D eigenvalue weighted by Crippen LogP contribution is 2.24. The van der Waals surface area contributed by atoms with Gasteiger partial charge in [-0.2, -0.15) is 0 Å². The van der Waals surface area contributed by atoms with Gasteiger partial charge in [-0.05, 0) is 55.6 Å². The number of benzene rings is 2. The van der Waals surface area contributed by atoms with E-state index in [1.807, 2.05) is 44.2 Å². The number of carbonyl (C=O) groups is 1. The maximum absolute atomic E-state index is 12.5. The molecular weight excluding hydrogens is 260 g/mol. The molecule has 0 unspecified atom stereocenters. The number of carbonyl (C=O) groups excluding carboxylic acids is 1. The van der Waals surface area contributed by atoms with Crippen molar-refractivity contribution in [3.8, 4) is 0 Å². The van der Waals surface area contributed by atoms with Crippen molar-refractivity contribution in [2.45, 2.75) is 26.8 Å². The fraction of sp³-hybridized carbons (Fsp3) is 0.278. The van der Waals surface area contributed by atoms with Crippen LogP contribution in [0, 0.1) is 13.8 Å². The van der Waals surface area contributed by atoms with E-state index in [0.717, 1.165) is 36.3 Å². The van der Waals surface area contributed by atoms with Crippen LogP contribution in [-0.4, -0.2) is 12.5 Å². The van der Waals surface area contributed by atoms with E-state index < -0.39 is 0 Å². The van der Waals surface area contributed by atoms with Gasteiger partial charge < -0.3 is 10.6 Å². The molecule has 1 aliphatic heterocycles. The molecule has 21 heavy (non-hydrogen) atoms. The SMILES string of the molecule is Cc1ccc(C(=O)Nc2cccc3c2CNCC3)c(C)c1. The zero-order chi connectivity index (χ0) is 14.8. The summed E-state index contributed by atoms with van der Waals surface area (Å²) in [7, 11) is 0. The summed E-state index contributed by atoms with van der Waals surface area (Å²) >= 11 is 0. The first-order chi connectivity index (χ1) is 10.1. The van der Waals surface area contributed by atoms with E-state index in [1.54, 1.807) is 0 Å². The summed E-state index contributed by atoms with van der Waals surface area (Å²) in [5.41, 5.74) is 6.38. The highest BCUT2D eigenvalue weighted by Gasteiger charge is 2.15. The molecule has 0 bridgehead atoms. The lowest BCUT2D eigenvalue weighted by molar-refractivity contribution is 0.102. The highest BCUT2D eigenvalue weighted by molar-refractivity contribution is 6.05. The average molecular weight is 280 g/mol. The summed E-state index contributed by atoms with van der Waals surface area (Å²) in [5, 5.41) is 6.43. The van der Waals surface area contributed by atoms with Gasteiger partial charge in [0, 0.05) is 17.8 Å². The Morgan fingerprint density at radius 1 is 1.19 bits per heavy atom. The van der Waals surface area contributed by atoms with Gasteiger partial charge >= 0.3 is 0 Å². The Bertz CT molecular complexity index is 692. The van der Waals surface area contributed by atoms with Crippen LogP contribution in [0.1, 0.15) is 32.6 Å². The molecule has 0 aliphatic carbocycles. The molecule has 108 valence electrons. The van der Waals surface area contributed by atoms with Crippen LogP contribution in [0.4, 0.5) is 5.69 Å². The molecule has 3 rings (SSSR count). The standard InChI is InChI=1S/C18H20N2O/c1-12-6-7-15(13(2)10-12)18(21)20-17-5-3-4-14-8-9-19-11-16(14)17/h3-7,10,19H,8-9,11H2,1-2H3,(H,20,21). The molecule has 0 atom stereocenters. The van der Waals surface area contributed by atoms with Crippen LogP contribution >= 0.6 is 0 Å². The third-order valence-corrected chi connectivity index (χ3v) is 4.02. The maximum Gasteiger partial charge on any atom is 0.255 e. The minimum absolute atomic E-state index is 0.0357. The summed E-state index contributed by atoms with van der Waals surface area (Å²) in [4.78, 5) is 12.5. The Hall–Kier alpha value is -2.13. The quantitative estimate of drug-likeness (QED) is 0.887. The van der Waals surface area contributed by atoms with Gasteiger partial charge in [-0.15, -0.1) is 0 Å². The molecule has 0 saturated carbocycles. The molecular formula is C18H20N2O. The van der Waals surface area contributed by atoms with Gasteiger partial charge in [-0.1, -0.05) is 29.8 Å². The van der Waals surface area contributed by atoms with Crippen molar-refractivity contribution in [3.05, 3.63) is 64.2 Å². The van der Waals surface area contributed by atoms with Crippen molar-refractivity contribution < 1.29 is 4.79 Å². The minimum atomic E-state index is -0.0357. The van der Waals surface area contributed by atoms with Gasteiger partial charge in [0.05, 0.1) is 0 Å². The van der Waals surface area contributed by atoms with E-state index in [1.165, 1.54) is 16.7 Å². The largest absolute Gasteiger partial charge is 0.322 e. The number of aryl methyl sites for hydroxylation is 2. The number of hydrogen-bond donors (Lipinski definition) is 2. The Kier molecular flexibility index (Phi) is 3.76. The van der Waals surface area contributed by atoms with Gasteiger partial charge in [0.2, 0.25) is 0 Å². The topological polar surface area (TPSA) is 41.1 Å². The number of amides is 1. The molecule has 1 aliphatic rings. The fourth-order valence-corrected chi connectivity index (χ4v) is 2.89. The average Bonchev–Trinajstić information content (AvgIpc) is 2.47. The minimum Gasteiger partial charge on any atom is -0.322 e. The van der Waals surface area contributed by atoms with Crippen LogP contribution in [0.2, 0.25) is 0 Å². The number of anilines is 1. The van der Waals surface area contributed by atoms with Crippen molar-refractivity contribution in [3.63, 3.8) is 0 Å². The molecule has 1 amide bonds. The molecule has 0 fully saturated rings. The van der Waals surface area contributed by atoms with E-state index >= 15 is 0 Å². The Labute approximate surface area is 125 Å². The fourth-order valence-electron chi connectivity index (χ4n) is 2.89. The van der Waals surface area contributed by atoms with Crippen LogP contribution in [0.3, 0.4) is 0 Å². The van der Waals surface area contributed by atoms with Gasteiger partial charge in [0.25, 0.3) is 5.91 Å². The van der Waals surface area contributed by atoms with Gasteiger partial charge in [-0.3, -0.25) is 4.79 Å². The smallest absolute Gasteiger partial charge is 0.255 e. The molecule has 0 aromatic heterocycles. The third-order valence-electron chi connectivity index (χ3n) is 4.02. The van der Waals surface area contributed by atoms with Crippen LogP contribution in [0.25, 0.3) is 0 Å². The first-order valence-electron chi connectivity index (χ1n) is 7.35. The monoisotopic (exact) mass is 280 g/mol. The third kappa shape index (κ3) is 2.83. The molecule has 0 spiro atoms. The van der Waals surface area contributed by atoms with Crippen LogP contribution in [0.15, 0.2) is 36.4 Å². The summed E-state index contributed by atoms with van der Waals surface area (Å²) in [6.07, 6.45) is 1.02. The summed E-state index contributed by atoms with van der Waals surface area (Å²) in [6, 6.07) is 12.0. The Morgan fingerprint density at radius 3 is 2.86 bits per heavy atom. The second kappa shape index (κ2) is 5.70.